The topological polar surface area (TPSA) is 49.7 Å². The van der Waals surface area contributed by atoms with Gasteiger partial charge in [0.1, 0.15) is 11.6 Å². The molecule has 3 nitrogen and oxygen atoms in total. The first-order valence-corrected chi connectivity index (χ1v) is 8.22. The molecule has 2 aromatic carbocycles. The summed E-state index contributed by atoms with van der Waals surface area (Å²) in [7, 11) is 0. The summed E-state index contributed by atoms with van der Waals surface area (Å²) in [6.45, 7) is 3.98. The van der Waals surface area contributed by atoms with Crippen molar-refractivity contribution in [1.82, 2.24) is 0 Å². The quantitative estimate of drug-likeness (QED) is 0.600. The van der Waals surface area contributed by atoms with Crippen molar-refractivity contribution in [2.75, 3.05) is 0 Å². The smallest absolute Gasteiger partial charge is 0.169 e. The Hall–Kier alpha value is -2.75. The van der Waals surface area contributed by atoms with Crippen LogP contribution in [0.4, 0.5) is 10.1 Å². The maximum absolute atomic E-state index is 14.1. The van der Waals surface area contributed by atoms with Crippen molar-refractivity contribution < 1.29 is 14.3 Å². The number of rotatable bonds is 2. The van der Waals surface area contributed by atoms with E-state index in [9.17, 15) is 14.3 Å². The van der Waals surface area contributed by atoms with E-state index in [1.165, 1.54) is 12.1 Å². The van der Waals surface area contributed by atoms with Crippen LogP contribution in [0.2, 0.25) is 0 Å². The van der Waals surface area contributed by atoms with E-state index < -0.39 is 5.82 Å². The van der Waals surface area contributed by atoms with Gasteiger partial charge in [0.05, 0.1) is 22.5 Å². The Morgan fingerprint density at radius 2 is 1.68 bits per heavy atom. The molecule has 25 heavy (non-hydrogen) atoms. The molecule has 128 valence electrons. The Morgan fingerprint density at radius 1 is 1.04 bits per heavy atom. The van der Waals surface area contributed by atoms with Crippen LogP contribution in [0.25, 0.3) is 5.76 Å². The van der Waals surface area contributed by atoms with Crippen molar-refractivity contribution in [3.8, 4) is 0 Å². The average Bonchev–Trinajstić information content (AvgIpc) is 2.54. The summed E-state index contributed by atoms with van der Waals surface area (Å²) in [6.07, 6.45) is 0.816. The van der Waals surface area contributed by atoms with Crippen molar-refractivity contribution in [3.63, 3.8) is 0 Å². The molecule has 1 aliphatic carbocycles. The van der Waals surface area contributed by atoms with E-state index in [2.05, 4.69) is 4.99 Å². The van der Waals surface area contributed by atoms with Crippen molar-refractivity contribution >= 4 is 22.9 Å². The van der Waals surface area contributed by atoms with E-state index >= 15 is 0 Å². The summed E-state index contributed by atoms with van der Waals surface area (Å²) in [5.41, 5.74) is 1.07. The molecule has 1 saturated carbocycles. The van der Waals surface area contributed by atoms with Crippen LogP contribution < -0.4 is 0 Å². The van der Waals surface area contributed by atoms with E-state index in [0.717, 1.165) is 0 Å². The highest BCUT2D eigenvalue weighted by atomic mass is 19.1. The molecule has 0 atom stereocenters. The van der Waals surface area contributed by atoms with Gasteiger partial charge in [-0.15, -0.1) is 0 Å². The first-order valence-electron chi connectivity index (χ1n) is 8.22. The predicted molar refractivity (Wildman–Crippen MR) is 97.5 cm³/mol. The number of para-hydroxylation sites is 1. The SMILES string of the molecule is CC1(C)CC(=O)/C(=C(/O)c2ccccc2F)C(=Nc2ccccc2)C1. The molecule has 1 N–H and O–H groups in total. The minimum Gasteiger partial charge on any atom is -0.506 e. The van der Waals surface area contributed by atoms with Crippen LogP contribution >= 0.6 is 0 Å². The minimum absolute atomic E-state index is 0.0197. The Labute approximate surface area is 146 Å². The molecule has 0 spiro atoms. The lowest BCUT2D eigenvalue weighted by molar-refractivity contribution is -0.117. The molecule has 4 heteroatoms. The van der Waals surface area contributed by atoms with Crippen LogP contribution in [0.15, 0.2) is 65.2 Å². The number of Topliss-reactive ketones (excluding diaryl/α,β-unsaturated/α-hetero) is 1. The highest BCUT2D eigenvalue weighted by molar-refractivity contribution is 6.28. The number of halogens is 1. The summed E-state index contributed by atoms with van der Waals surface area (Å²) in [6, 6.07) is 15.1. The van der Waals surface area contributed by atoms with E-state index in [1.54, 1.807) is 12.1 Å². The van der Waals surface area contributed by atoms with E-state index in [-0.39, 0.29) is 34.5 Å². The van der Waals surface area contributed by atoms with Crippen LogP contribution in [-0.4, -0.2) is 16.6 Å². The van der Waals surface area contributed by atoms with Gasteiger partial charge in [0.15, 0.2) is 5.78 Å². The zero-order valence-electron chi connectivity index (χ0n) is 14.3. The van der Waals surface area contributed by atoms with Gasteiger partial charge in [-0.1, -0.05) is 44.2 Å². The lowest BCUT2D eigenvalue weighted by Gasteiger charge is -2.31. The molecule has 0 unspecified atom stereocenters. The number of allylic oxidation sites excluding steroid dienone is 1. The lowest BCUT2D eigenvalue weighted by atomic mass is 9.73. The summed E-state index contributed by atoms with van der Waals surface area (Å²) >= 11 is 0. The van der Waals surface area contributed by atoms with Crippen LogP contribution in [0.5, 0.6) is 0 Å². The fourth-order valence-electron chi connectivity index (χ4n) is 3.10. The molecule has 1 aliphatic rings. The molecule has 2 aromatic rings. The van der Waals surface area contributed by atoms with Gasteiger partial charge < -0.3 is 5.11 Å². The first kappa shape index (κ1) is 17.1. The first-order chi connectivity index (χ1) is 11.9. The number of aliphatic hydroxyl groups excluding tert-OH is 1. The fraction of sp³-hybridized carbons (Fsp3) is 0.238. The summed E-state index contributed by atoms with van der Waals surface area (Å²) < 4.78 is 14.1. The monoisotopic (exact) mass is 337 g/mol. The van der Waals surface area contributed by atoms with Crippen LogP contribution in [-0.2, 0) is 4.79 Å². The molecule has 0 radical (unpaired) electrons. The average molecular weight is 337 g/mol. The van der Waals surface area contributed by atoms with Crippen molar-refractivity contribution in [2.45, 2.75) is 26.7 Å². The molecule has 0 bridgehead atoms. The largest absolute Gasteiger partial charge is 0.506 e. The Kier molecular flexibility index (Phi) is 4.53. The number of ketones is 1. The molecule has 0 saturated heterocycles. The van der Waals surface area contributed by atoms with Gasteiger partial charge in [-0.25, -0.2) is 4.39 Å². The number of hydrogen-bond donors (Lipinski definition) is 1. The molecule has 0 amide bonds. The van der Waals surface area contributed by atoms with Crippen LogP contribution in [0.3, 0.4) is 0 Å². The molecule has 1 fully saturated rings. The van der Waals surface area contributed by atoms with E-state index in [0.29, 0.717) is 17.8 Å². The maximum atomic E-state index is 14.1. The molecule has 3 rings (SSSR count). The number of aliphatic hydroxyl groups is 1. The normalized spacial score (nSPS) is 20.6. The predicted octanol–water partition coefficient (Wildman–Crippen LogP) is 5.26. The Balaban J connectivity index is 2.17. The van der Waals surface area contributed by atoms with Gasteiger partial charge in [-0.2, -0.15) is 0 Å². The van der Waals surface area contributed by atoms with Crippen molar-refractivity contribution in [1.29, 1.82) is 0 Å². The minimum atomic E-state index is -0.566. The second-order valence-corrected chi connectivity index (χ2v) is 7.04. The van der Waals surface area contributed by atoms with Crippen molar-refractivity contribution in [2.24, 2.45) is 10.4 Å². The number of hydrogen-bond acceptors (Lipinski definition) is 3. The number of carbonyl (C=O) groups excluding carboxylic acids is 1. The van der Waals surface area contributed by atoms with Gasteiger partial charge in [0, 0.05) is 6.42 Å². The molecule has 0 aliphatic heterocycles. The second-order valence-electron chi connectivity index (χ2n) is 7.04. The molecule has 0 heterocycles. The number of aliphatic imine (C=N–C) groups is 1. The molecule has 0 aromatic heterocycles. The van der Waals surface area contributed by atoms with Gasteiger partial charge >= 0.3 is 0 Å². The van der Waals surface area contributed by atoms with Gasteiger partial charge in [0.25, 0.3) is 0 Å². The summed E-state index contributed by atoms with van der Waals surface area (Å²) in [5.74, 6) is -1.12. The third-order valence-electron chi connectivity index (χ3n) is 4.24. The van der Waals surface area contributed by atoms with Crippen LogP contribution in [0.1, 0.15) is 32.3 Å². The zero-order valence-corrected chi connectivity index (χ0v) is 14.3. The second kappa shape index (κ2) is 6.63. The summed E-state index contributed by atoms with van der Waals surface area (Å²) in [5, 5.41) is 10.7. The van der Waals surface area contributed by atoms with Crippen LogP contribution in [0, 0.1) is 11.2 Å². The highest BCUT2D eigenvalue weighted by Gasteiger charge is 2.36. The number of nitrogens with zero attached hydrogens (tertiary/aromatic N) is 1. The molecular weight excluding hydrogens is 317 g/mol. The summed E-state index contributed by atoms with van der Waals surface area (Å²) in [4.78, 5) is 17.3. The lowest BCUT2D eigenvalue weighted by Crippen LogP contribution is -2.32. The maximum Gasteiger partial charge on any atom is 0.169 e. The fourth-order valence-corrected chi connectivity index (χ4v) is 3.10. The molecular formula is C21H20FNO2. The zero-order chi connectivity index (χ0) is 18.0. The van der Waals surface area contributed by atoms with E-state index in [4.69, 9.17) is 0 Å². The number of carbonyl (C=O) groups is 1. The third-order valence-corrected chi connectivity index (χ3v) is 4.24. The van der Waals surface area contributed by atoms with Gasteiger partial charge in [-0.3, -0.25) is 9.79 Å². The van der Waals surface area contributed by atoms with Gasteiger partial charge in [-0.05, 0) is 36.1 Å². The number of benzene rings is 2. The van der Waals surface area contributed by atoms with Crippen molar-refractivity contribution in [3.05, 3.63) is 71.6 Å². The Bertz CT molecular complexity index is 866. The standard InChI is InChI=1S/C21H20FNO2/c1-21(2)12-17(23-14-8-4-3-5-9-14)19(18(24)13-21)20(25)15-10-6-7-11-16(15)22/h3-11,25H,12-13H2,1-2H3/b20-19+,23-17?. The van der Waals surface area contributed by atoms with E-state index in [1.807, 2.05) is 44.2 Å². The Morgan fingerprint density at radius 3 is 2.36 bits per heavy atom. The van der Waals surface area contributed by atoms with Gasteiger partial charge in [0.2, 0.25) is 0 Å². The highest BCUT2D eigenvalue weighted by Crippen LogP contribution is 2.38. The third kappa shape index (κ3) is 3.68.